The third-order valence-electron chi connectivity index (χ3n) is 3.99. The Morgan fingerprint density at radius 3 is 2.60 bits per heavy atom. The number of nitrogens with one attached hydrogen (secondary N) is 3. The molecule has 1 unspecified atom stereocenters. The predicted octanol–water partition coefficient (Wildman–Crippen LogP) is 4.11. The van der Waals surface area contributed by atoms with Crippen molar-refractivity contribution in [1.82, 2.24) is 10.6 Å². The first-order valence-electron chi connectivity index (χ1n) is 8.25. The highest BCUT2D eigenvalue weighted by atomic mass is 35.5. The molecule has 0 heterocycles. The molecule has 0 saturated heterocycles. The zero-order valence-corrected chi connectivity index (χ0v) is 14.6. The van der Waals surface area contributed by atoms with Crippen LogP contribution in [0.2, 0.25) is 5.02 Å². The maximum atomic E-state index is 12.5. The van der Waals surface area contributed by atoms with Crippen LogP contribution in [-0.2, 0) is 0 Å². The molecule has 5 nitrogen and oxygen atoms in total. The van der Waals surface area contributed by atoms with Crippen LogP contribution >= 0.6 is 11.6 Å². The van der Waals surface area contributed by atoms with Gasteiger partial charge in [-0.15, -0.1) is 0 Å². The number of rotatable bonds is 5. The molecule has 6 heteroatoms. The third-order valence-corrected chi connectivity index (χ3v) is 4.23. The quantitative estimate of drug-likeness (QED) is 0.753. The molecular formula is C19H20ClN3O2. The standard InChI is InChI=1S/C19H20ClN3O2/c1-12(13-4-2-6-15(20)10-13)21-18(24)14-5-3-7-17(11-14)23-19(25)22-16-8-9-16/h2-7,10-12,16H,8-9H2,1H3,(H,21,24)(H2,22,23,25). The number of amides is 3. The fourth-order valence-corrected chi connectivity index (χ4v) is 2.66. The zero-order valence-electron chi connectivity index (χ0n) is 13.9. The molecule has 130 valence electrons. The minimum Gasteiger partial charge on any atom is -0.346 e. The molecule has 1 saturated carbocycles. The van der Waals surface area contributed by atoms with Crippen LogP contribution in [0.5, 0.6) is 0 Å². The Kier molecular flexibility index (Phi) is 5.24. The lowest BCUT2D eigenvalue weighted by Gasteiger charge is -2.15. The molecule has 0 aromatic heterocycles. The van der Waals surface area contributed by atoms with E-state index in [9.17, 15) is 9.59 Å². The molecule has 2 aromatic carbocycles. The van der Waals surface area contributed by atoms with Gasteiger partial charge in [0.05, 0.1) is 6.04 Å². The van der Waals surface area contributed by atoms with Gasteiger partial charge in [0.1, 0.15) is 0 Å². The SMILES string of the molecule is CC(NC(=O)c1cccc(NC(=O)NC2CC2)c1)c1cccc(Cl)c1. The first kappa shape index (κ1) is 17.3. The summed E-state index contributed by atoms with van der Waals surface area (Å²) in [7, 11) is 0. The van der Waals surface area contributed by atoms with Gasteiger partial charge in [-0.3, -0.25) is 4.79 Å². The Bertz CT molecular complexity index is 790. The van der Waals surface area contributed by atoms with E-state index >= 15 is 0 Å². The Labute approximate surface area is 151 Å². The first-order valence-corrected chi connectivity index (χ1v) is 8.63. The number of halogens is 1. The van der Waals surface area contributed by atoms with Crippen molar-refractivity contribution in [3.05, 3.63) is 64.7 Å². The Hall–Kier alpha value is -2.53. The van der Waals surface area contributed by atoms with Crippen molar-refractivity contribution in [3.63, 3.8) is 0 Å². The second-order valence-corrected chi connectivity index (χ2v) is 6.64. The number of urea groups is 1. The number of carbonyl (C=O) groups excluding carboxylic acids is 2. The van der Waals surface area contributed by atoms with E-state index in [4.69, 9.17) is 11.6 Å². The van der Waals surface area contributed by atoms with Gasteiger partial charge in [0, 0.05) is 22.3 Å². The van der Waals surface area contributed by atoms with Gasteiger partial charge in [0.25, 0.3) is 5.91 Å². The van der Waals surface area contributed by atoms with E-state index in [1.165, 1.54) is 0 Å². The number of carbonyl (C=O) groups is 2. The Morgan fingerprint density at radius 2 is 1.88 bits per heavy atom. The molecule has 0 bridgehead atoms. The minimum atomic E-state index is -0.243. The van der Waals surface area contributed by atoms with Crippen molar-refractivity contribution in [1.29, 1.82) is 0 Å². The second kappa shape index (κ2) is 7.57. The summed E-state index contributed by atoms with van der Waals surface area (Å²) in [5.41, 5.74) is 2.00. The van der Waals surface area contributed by atoms with Crippen molar-refractivity contribution >= 4 is 29.2 Å². The zero-order chi connectivity index (χ0) is 17.8. The van der Waals surface area contributed by atoms with Gasteiger partial charge in [0.2, 0.25) is 0 Å². The number of hydrogen-bond donors (Lipinski definition) is 3. The Morgan fingerprint density at radius 1 is 1.12 bits per heavy atom. The van der Waals surface area contributed by atoms with Crippen molar-refractivity contribution in [2.75, 3.05) is 5.32 Å². The third kappa shape index (κ3) is 4.97. The van der Waals surface area contributed by atoms with Gasteiger partial charge in [-0.1, -0.05) is 29.8 Å². The van der Waals surface area contributed by atoms with Gasteiger partial charge in [-0.25, -0.2) is 4.79 Å². The summed E-state index contributed by atoms with van der Waals surface area (Å²) in [6.07, 6.45) is 2.05. The average molecular weight is 358 g/mol. The molecule has 1 aliphatic carbocycles. The minimum absolute atomic E-state index is 0.180. The summed E-state index contributed by atoms with van der Waals surface area (Å²) in [6.45, 7) is 1.90. The van der Waals surface area contributed by atoms with Crippen LogP contribution in [0.4, 0.5) is 10.5 Å². The van der Waals surface area contributed by atoms with Crippen LogP contribution in [0.3, 0.4) is 0 Å². The lowest BCUT2D eigenvalue weighted by atomic mass is 10.1. The maximum Gasteiger partial charge on any atom is 0.319 e. The summed E-state index contributed by atoms with van der Waals surface area (Å²) >= 11 is 5.99. The largest absolute Gasteiger partial charge is 0.346 e. The molecule has 3 N–H and O–H groups in total. The molecule has 2 aromatic rings. The summed E-state index contributed by atoms with van der Waals surface area (Å²) in [5.74, 6) is -0.210. The summed E-state index contributed by atoms with van der Waals surface area (Å²) in [5, 5.41) is 9.17. The van der Waals surface area contributed by atoms with Crippen LogP contribution < -0.4 is 16.0 Å². The van der Waals surface area contributed by atoms with E-state index < -0.39 is 0 Å². The van der Waals surface area contributed by atoms with Crippen molar-refractivity contribution < 1.29 is 9.59 Å². The molecule has 1 aliphatic rings. The number of hydrogen-bond acceptors (Lipinski definition) is 2. The molecule has 3 rings (SSSR count). The fourth-order valence-electron chi connectivity index (χ4n) is 2.46. The average Bonchev–Trinajstić information content (AvgIpc) is 3.38. The monoisotopic (exact) mass is 357 g/mol. The van der Waals surface area contributed by atoms with Gasteiger partial charge < -0.3 is 16.0 Å². The molecule has 1 atom stereocenters. The molecule has 25 heavy (non-hydrogen) atoms. The highest BCUT2D eigenvalue weighted by Gasteiger charge is 2.23. The van der Waals surface area contributed by atoms with Crippen LogP contribution in [0.25, 0.3) is 0 Å². The van der Waals surface area contributed by atoms with E-state index in [1.54, 1.807) is 30.3 Å². The molecule has 0 aliphatic heterocycles. The van der Waals surface area contributed by atoms with Crippen LogP contribution in [-0.4, -0.2) is 18.0 Å². The van der Waals surface area contributed by atoms with Crippen LogP contribution in [0, 0.1) is 0 Å². The van der Waals surface area contributed by atoms with E-state index in [0.29, 0.717) is 16.3 Å². The highest BCUT2D eigenvalue weighted by Crippen LogP contribution is 2.20. The van der Waals surface area contributed by atoms with Gasteiger partial charge in [-0.05, 0) is 55.7 Å². The maximum absolute atomic E-state index is 12.5. The molecule has 3 amide bonds. The molecule has 0 radical (unpaired) electrons. The Balaban J connectivity index is 1.63. The number of anilines is 1. The fraction of sp³-hybridized carbons (Fsp3) is 0.263. The van der Waals surface area contributed by atoms with E-state index in [-0.39, 0.29) is 24.0 Å². The van der Waals surface area contributed by atoms with Gasteiger partial charge in [0.15, 0.2) is 0 Å². The van der Waals surface area contributed by atoms with Crippen LogP contribution in [0.1, 0.15) is 41.7 Å². The van der Waals surface area contributed by atoms with Gasteiger partial charge in [-0.2, -0.15) is 0 Å². The van der Waals surface area contributed by atoms with E-state index in [0.717, 1.165) is 18.4 Å². The number of benzene rings is 2. The van der Waals surface area contributed by atoms with Crippen molar-refractivity contribution in [3.8, 4) is 0 Å². The normalized spacial score (nSPS) is 14.5. The van der Waals surface area contributed by atoms with Crippen molar-refractivity contribution in [2.24, 2.45) is 0 Å². The molecule has 1 fully saturated rings. The summed E-state index contributed by atoms with van der Waals surface area (Å²) in [6, 6.07) is 14.1. The van der Waals surface area contributed by atoms with E-state index in [2.05, 4.69) is 16.0 Å². The summed E-state index contributed by atoms with van der Waals surface area (Å²) in [4.78, 5) is 24.3. The highest BCUT2D eigenvalue weighted by molar-refractivity contribution is 6.30. The predicted molar refractivity (Wildman–Crippen MR) is 99.0 cm³/mol. The lowest BCUT2D eigenvalue weighted by Crippen LogP contribution is -2.30. The topological polar surface area (TPSA) is 70.2 Å². The van der Waals surface area contributed by atoms with Crippen LogP contribution in [0.15, 0.2) is 48.5 Å². The van der Waals surface area contributed by atoms with E-state index in [1.807, 2.05) is 25.1 Å². The smallest absolute Gasteiger partial charge is 0.319 e. The molecular weight excluding hydrogens is 338 g/mol. The second-order valence-electron chi connectivity index (χ2n) is 6.20. The molecule has 0 spiro atoms. The summed E-state index contributed by atoms with van der Waals surface area (Å²) < 4.78 is 0. The van der Waals surface area contributed by atoms with Crippen molar-refractivity contribution in [2.45, 2.75) is 31.8 Å². The van der Waals surface area contributed by atoms with Gasteiger partial charge >= 0.3 is 6.03 Å². The first-order chi connectivity index (χ1) is 12.0. The lowest BCUT2D eigenvalue weighted by molar-refractivity contribution is 0.0940.